The Morgan fingerprint density at radius 1 is 0.889 bits per heavy atom. The molecule has 0 spiro atoms. The van der Waals surface area contributed by atoms with Gasteiger partial charge >= 0.3 is 17.2 Å². The SMILES string of the molecule is OP(O)ONOP(O)O. The van der Waals surface area contributed by atoms with Gasteiger partial charge in [0, 0.05) is 0 Å². The van der Waals surface area contributed by atoms with Crippen molar-refractivity contribution in [2.75, 3.05) is 0 Å². The fourth-order valence-electron chi connectivity index (χ4n) is 0.0833. The van der Waals surface area contributed by atoms with Crippen LogP contribution in [0.15, 0.2) is 0 Å². The summed E-state index contributed by atoms with van der Waals surface area (Å²) in [4.78, 5) is 31.9. The van der Waals surface area contributed by atoms with Crippen LogP contribution in [0.2, 0.25) is 0 Å². The van der Waals surface area contributed by atoms with Crippen molar-refractivity contribution in [1.29, 1.82) is 0 Å². The fourth-order valence-corrected chi connectivity index (χ4v) is 0.350. The Labute approximate surface area is 52.8 Å². The molecule has 0 saturated carbocycles. The maximum atomic E-state index is 7.96. The second-order valence-electron chi connectivity index (χ2n) is 0.771. The molecule has 0 atom stereocenters. The van der Waals surface area contributed by atoms with Crippen LogP contribution in [0.4, 0.5) is 0 Å². The molecule has 56 valence electrons. The monoisotopic (exact) mass is 177 g/mol. The van der Waals surface area contributed by atoms with E-state index in [0.717, 1.165) is 0 Å². The Bertz CT molecular complexity index is 56.1. The summed E-state index contributed by atoms with van der Waals surface area (Å²) in [5.74, 6) is 0. The van der Waals surface area contributed by atoms with Gasteiger partial charge < -0.3 is 19.6 Å². The van der Waals surface area contributed by atoms with Crippen LogP contribution in [-0.4, -0.2) is 19.6 Å². The minimum atomic E-state index is -2.58. The molecule has 0 aromatic heterocycles. The van der Waals surface area contributed by atoms with Crippen molar-refractivity contribution in [3.63, 3.8) is 0 Å². The molecule has 0 aliphatic carbocycles. The standard InChI is InChI=1S/H5NO6P2/c2-8(3)6-1-7-9(4)5/h1-5H. The van der Waals surface area contributed by atoms with E-state index in [1.54, 1.807) is 0 Å². The van der Waals surface area contributed by atoms with E-state index in [1.165, 1.54) is 5.64 Å². The quantitative estimate of drug-likeness (QED) is 0.272. The zero-order valence-electron chi connectivity index (χ0n) is 4.00. The van der Waals surface area contributed by atoms with E-state index in [0.29, 0.717) is 0 Å². The summed E-state index contributed by atoms with van der Waals surface area (Å²) in [5.41, 5.74) is 1.44. The predicted molar refractivity (Wildman–Crippen MR) is 28.0 cm³/mol. The van der Waals surface area contributed by atoms with Crippen LogP contribution in [0.5, 0.6) is 0 Å². The minimum Gasteiger partial charge on any atom is -0.327 e. The largest absolute Gasteiger partial charge is 0.347 e. The van der Waals surface area contributed by atoms with Gasteiger partial charge in [0.25, 0.3) is 0 Å². The lowest BCUT2D eigenvalue weighted by atomic mass is 13.3. The summed E-state index contributed by atoms with van der Waals surface area (Å²) < 4.78 is 7.51. The molecular formula is H5NO6P2. The Kier molecular flexibility index (Phi) is 5.72. The number of nitrogens with one attached hydrogen (secondary N) is 1. The van der Waals surface area contributed by atoms with Crippen molar-refractivity contribution >= 4 is 17.2 Å². The van der Waals surface area contributed by atoms with Crippen molar-refractivity contribution in [2.24, 2.45) is 0 Å². The summed E-state index contributed by atoms with van der Waals surface area (Å²) >= 11 is 0. The average Bonchev–Trinajstić information content (AvgIpc) is 1.63. The van der Waals surface area contributed by atoms with Gasteiger partial charge in [-0.05, 0) is 0 Å². The minimum absolute atomic E-state index is 1.44. The van der Waals surface area contributed by atoms with Crippen molar-refractivity contribution in [1.82, 2.24) is 5.64 Å². The maximum absolute atomic E-state index is 7.96. The van der Waals surface area contributed by atoms with Gasteiger partial charge in [-0.25, -0.2) is 0 Å². The summed E-state index contributed by atoms with van der Waals surface area (Å²) in [6.45, 7) is 0. The van der Waals surface area contributed by atoms with Crippen molar-refractivity contribution in [3.05, 3.63) is 0 Å². The Morgan fingerprint density at radius 3 is 1.44 bits per heavy atom. The third-order valence-electron chi connectivity index (χ3n) is 0.238. The molecule has 0 amide bonds. The van der Waals surface area contributed by atoms with Crippen molar-refractivity contribution in [3.8, 4) is 0 Å². The smallest absolute Gasteiger partial charge is 0.327 e. The van der Waals surface area contributed by atoms with Crippen LogP contribution >= 0.6 is 17.2 Å². The van der Waals surface area contributed by atoms with Gasteiger partial charge in [0.1, 0.15) is 0 Å². The van der Waals surface area contributed by atoms with Crippen molar-refractivity contribution in [2.45, 2.75) is 0 Å². The normalized spacial score (nSPS) is 11.3. The summed E-state index contributed by atoms with van der Waals surface area (Å²) in [5, 5.41) is 0. The van der Waals surface area contributed by atoms with E-state index in [1.807, 2.05) is 0 Å². The Hall–Kier alpha value is 0.580. The van der Waals surface area contributed by atoms with Crippen LogP contribution in [-0.2, 0) is 9.25 Å². The summed E-state index contributed by atoms with van der Waals surface area (Å²) in [6.07, 6.45) is 0. The first-order valence-corrected chi connectivity index (χ1v) is 3.90. The lowest BCUT2D eigenvalue weighted by Crippen LogP contribution is -2.08. The van der Waals surface area contributed by atoms with Crippen LogP contribution in [0.1, 0.15) is 0 Å². The van der Waals surface area contributed by atoms with Crippen LogP contribution in [0, 0.1) is 0 Å². The van der Waals surface area contributed by atoms with E-state index in [9.17, 15) is 0 Å². The zero-order valence-corrected chi connectivity index (χ0v) is 5.79. The summed E-state index contributed by atoms with van der Waals surface area (Å²) in [6, 6.07) is 0. The zero-order chi connectivity index (χ0) is 7.28. The van der Waals surface area contributed by atoms with Crippen LogP contribution in [0.25, 0.3) is 0 Å². The molecular weight excluding hydrogens is 172 g/mol. The lowest BCUT2D eigenvalue weighted by molar-refractivity contribution is -0.0348. The molecule has 9 heteroatoms. The molecule has 5 N–H and O–H groups in total. The molecule has 0 saturated heterocycles. The van der Waals surface area contributed by atoms with Gasteiger partial charge in [-0.2, -0.15) is 9.25 Å². The van der Waals surface area contributed by atoms with E-state index in [-0.39, 0.29) is 0 Å². The molecule has 0 heterocycles. The highest BCUT2D eigenvalue weighted by Crippen LogP contribution is 2.26. The summed E-state index contributed by atoms with van der Waals surface area (Å²) in [7, 11) is -5.16. The predicted octanol–water partition coefficient (Wildman–Crippen LogP) is -1.14. The number of rotatable bonds is 4. The van der Waals surface area contributed by atoms with E-state index in [2.05, 4.69) is 9.25 Å². The lowest BCUT2D eigenvalue weighted by Gasteiger charge is -2.03. The maximum Gasteiger partial charge on any atom is 0.347 e. The van der Waals surface area contributed by atoms with E-state index < -0.39 is 17.2 Å². The number of hydrogen-bond acceptors (Lipinski definition) is 7. The first-order chi connectivity index (χ1) is 4.13. The van der Waals surface area contributed by atoms with Gasteiger partial charge in [-0.3, -0.25) is 0 Å². The van der Waals surface area contributed by atoms with Gasteiger partial charge in [0.15, 0.2) is 0 Å². The first kappa shape index (κ1) is 9.58. The molecule has 0 aliphatic rings. The molecule has 0 bridgehead atoms. The average molecular weight is 177 g/mol. The molecule has 7 nitrogen and oxygen atoms in total. The Balaban J connectivity index is 2.91. The molecule has 0 aliphatic heterocycles. The highest BCUT2D eigenvalue weighted by molar-refractivity contribution is 7.40. The van der Waals surface area contributed by atoms with Gasteiger partial charge in [-0.1, -0.05) is 5.64 Å². The highest BCUT2D eigenvalue weighted by atomic mass is 31.2. The molecule has 0 aromatic rings. The highest BCUT2D eigenvalue weighted by Gasteiger charge is 2.01. The molecule has 0 radical (unpaired) electrons. The van der Waals surface area contributed by atoms with Crippen LogP contribution < -0.4 is 5.64 Å². The third-order valence-corrected chi connectivity index (χ3v) is 0.714. The van der Waals surface area contributed by atoms with E-state index >= 15 is 0 Å². The fraction of sp³-hybridized carbons (Fsp3) is 0. The first-order valence-electron chi connectivity index (χ1n) is 1.57. The molecule has 0 fully saturated rings. The molecule has 0 aromatic carbocycles. The van der Waals surface area contributed by atoms with Gasteiger partial charge in [0.05, 0.1) is 0 Å². The Morgan fingerprint density at radius 2 is 1.22 bits per heavy atom. The van der Waals surface area contributed by atoms with Gasteiger partial charge in [0.2, 0.25) is 0 Å². The van der Waals surface area contributed by atoms with Crippen molar-refractivity contribution < 1.29 is 28.8 Å². The third kappa shape index (κ3) is 8.58. The molecule has 0 unspecified atom stereocenters. The second kappa shape index (κ2) is 5.37. The van der Waals surface area contributed by atoms with Gasteiger partial charge in [-0.15, -0.1) is 0 Å². The molecule has 9 heavy (non-hydrogen) atoms. The van der Waals surface area contributed by atoms with Crippen LogP contribution in [0.3, 0.4) is 0 Å². The topological polar surface area (TPSA) is 111 Å². The molecule has 0 rings (SSSR count). The second-order valence-corrected chi connectivity index (χ2v) is 2.15. The number of hydrogen-bond donors (Lipinski definition) is 5. The van der Waals surface area contributed by atoms with E-state index in [4.69, 9.17) is 19.6 Å².